The molecular weight excluding hydrogens is 276 g/mol. The van der Waals surface area contributed by atoms with Gasteiger partial charge in [-0.2, -0.15) is 0 Å². The van der Waals surface area contributed by atoms with Gasteiger partial charge in [-0.05, 0) is 6.07 Å². The van der Waals surface area contributed by atoms with Crippen molar-refractivity contribution in [1.82, 2.24) is 4.31 Å². The van der Waals surface area contributed by atoms with Gasteiger partial charge in [0.25, 0.3) is 0 Å². The lowest BCUT2D eigenvalue weighted by Gasteiger charge is -2.45. The van der Waals surface area contributed by atoms with E-state index in [2.05, 4.69) is 0 Å². The Morgan fingerprint density at radius 2 is 1.95 bits per heavy atom. The normalized spacial score (nSPS) is 26.0. The van der Waals surface area contributed by atoms with Crippen molar-refractivity contribution in [2.75, 3.05) is 19.3 Å². The van der Waals surface area contributed by atoms with Gasteiger partial charge in [-0.15, -0.1) is 0 Å². The van der Waals surface area contributed by atoms with Crippen molar-refractivity contribution >= 4 is 10.0 Å². The fourth-order valence-electron chi connectivity index (χ4n) is 3.20. The van der Waals surface area contributed by atoms with Gasteiger partial charge in [0, 0.05) is 44.0 Å². The van der Waals surface area contributed by atoms with Gasteiger partial charge in [0.2, 0.25) is 10.0 Å². The third kappa shape index (κ3) is 2.43. The molecule has 0 amide bonds. The van der Waals surface area contributed by atoms with Crippen LogP contribution in [-0.2, 0) is 10.0 Å². The smallest absolute Gasteiger partial charge is 0.211 e. The van der Waals surface area contributed by atoms with Crippen molar-refractivity contribution in [3.63, 3.8) is 0 Å². The quantitative estimate of drug-likeness (QED) is 0.847. The lowest BCUT2D eigenvalue weighted by atomic mass is 9.81. The summed E-state index contributed by atoms with van der Waals surface area (Å²) in [5.41, 5.74) is 6.99. The van der Waals surface area contributed by atoms with Crippen LogP contribution in [0.4, 0.5) is 0 Å². The van der Waals surface area contributed by atoms with Crippen LogP contribution in [0, 0.1) is 0 Å². The maximum absolute atomic E-state index is 11.6. The number of hydrogen-bond acceptors (Lipinski definition) is 4. The summed E-state index contributed by atoms with van der Waals surface area (Å²) in [4.78, 5) is 0. The third-order valence-corrected chi connectivity index (χ3v) is 5.64. The molecule has 0 bridgehead atoms. The summed E-state index contributed by atoms with van der Waals surface area (Å²) in [6.07, 6.45) is 3.40. The molecule has 0 saturated carbocycles. The van der Waals surface area contributed by atoms with Gasteiger partial charge in [0.1, 0.15) is 11.4 Å². The summed E-state index contributed by atoms with van der Waals surface area (Å²) in [5, 5.41) is 0. The number of rotatable bonds is 1. The van der Waals surface area contributed by atoms with Crippen molar-refractivity contribution in [3.8, 4) is 5.75 Å². The second-order valence-corrected chi connectivity index (χ2v) is 7.78. The summed E-state index contributed by atoms with van der Waals surface area (Å²) in [7, 11) is -3.11. The van der Waals surface area contributed by atoms with Crippen LogP contribution in [0.1, 0.15) is 30.9 Å². The Morgan fingerprint density at radius 3 is 2.60 bits per heavy atom. The average molecular weight is 296 g/mol. The van der Waals surface area contributed by atoms with Crippen LogP contribution < -0.4 is 10.5 Å². The molecule has 20 heavy (non-hydrogen) atoms. The van der Waals surface area contributed by atoms with E-state index in [4.69, 9.17) is 10.5 Å². The maximum Gasteiger partial charge on any atom is 0.211 e. The number of nitrogens with two attached hydrogens (primary N) is 1. The molecule has 1 unspecified atom stereocenters. The zero-order valence-corrected chi connectivity index (χ0v) is 12.4. The summed E-state index contributed by atoms with van der Waals surface area (Å²) in [5.74, 6) is 0.846. The van der Waals surface area contributed by atoms with Crippen LogP contribution in [0.5, 0.6) is 5.75 Å². The largest absolute Gasteiger partial charge is 0.487 e. The topological polar surface area (TPSA) is 72.6 Å². The SMILES string of the molecule is CS(=O)(=O)N1CCC2(CC1)CC(N)c1ccccc1O2. The molecule has 1 aromatic carbocycles. The summed E-state index contributed by atoms with van der Waals surface area (Å²) in [6, 6.07) is 7.81. The van der Waals surface area contributed by atoms with Gasteiger partial charge >= 0.3 is 0 Å². The van der Waals surface area contributed by atoms with Crippen LogP contribution in [0.2, 0.25) is 0 Å². The first kappa shape index (κ1) is 13.9. The second kappa shape index (κ2) is 4.72. The number of sulfonamides is 1. The first-order valence-electron chi connectivity index (χ1n) is 6.88. The molecule has 0 aromatic heterocycles. The van der Waals surface area contributed by atoms with E-state index >= 15 is 0 Å². The first-order chi connectivity index (χ1) is 9.40. The zero-order valence-electron chi connectivity index (χ0n) is 11.6. The van der Waals surface area contributed by atoms with Gasteiger partial charge < -0.3 is 10.5 Å². The Kier molecular flexibility index (Phi) is 3.27. The molecule has 0 radical (unpaired) electrons. The van der Waals surface area contributed by atoms with Gasteiger partial charge in [-0.25, -0.2) is 12.7 Å². The van der Waals surface area contributed by atoms with Gasteiger partial charge in [-0.1, -0.05) is 18.2 Å². The van der Waals surface area contributed by atoms with E-state index in [1.165, 1.54) is 10.6 Å². The highest BCUT2D eigenvalue weighted by Crippen LogP contribution is 2.43. The molecule has 3 rings (SSSR count). The lowest BCUT2D eigenvalue weighted by Crippen LogP contribution is -2.52. The molecule has 2 aliphatic rings. The van der Waals surface area contributed by atoms with E-state index in [1.807, 2.05) is 24.3 Å². The van der Waals surface area contributed by atoms with Crippen LogP contribution in [0.25, 0.3) is 0 Å². The van der Waals surface area contributed by atoms with Crippen molar-refractivity contribution in [2.24, 2.45) is 5.73 Å². The number of benzene rings is 1. The molecule has 0 aliphatic carbocycles. The van der Waals surface area contributed by atoms with Crippen molar-refractivity contribution < 1.29 is 13.2 Å². The second-order valence-electron chi connectivity index (χ2n) is 5.80. The molecule has 1 aromatic rings. The van der Waals surface area contributed by atoms with Crippen LogP contribution in [-0.4, -0.2) is 37.7 Å². The van der Waals surface area contributed by atoms with E-state index in [9.17, 15) is 8.42 Å². The zero-order chi connectivity index (χ0) is 14.4. The lowest BCUT2D eigenvalue weighted by molar-refractivity contribution is -0.00628. The Balaban J connectivity index is 1.80. The standard InChI is InChI=1S/C14H20N2O3S/c1-20(17,18)16-8-6-14(7-9-16)10-12(15)11-4-2-3-5-13(11)19-14/h2-5,12H,6-10,15H2,1H3. The monoisotopic (exact) mass is 296 g/mol. The number of nitrogens with zero attached hydrogens (tertiary/aromatic N) is 1. The van der Waals surface area contributed by atoms with Crippen LogP contribution >= 0.6 is 0 Å². The predicted molar refractivity (Wildman–Crippen MR) is 77.0 cm³/mol. The molecule has 1 fully saturated rings. The van der Waals surface area contributed by atoms with Crippen molar-refractivity contribution in [3.05, 3.63) is 29.8 Å². The molecule has 2 heterocycles. The molecule has 110 valence electrons. The van der Waals surface area contributed by atoms with Crippen molar-refractivity contribution in [1.29, 1.82) is 0 Å². The number of fused-ring (bicyclic) bond motifs is 1. The van der Waals surface area contributed by atoms with E-state index < -0.39 is 10.0 Å². The van der Waals surface area contributed by atoms with Crippen molar-refractivity contribution in [2.45, 2.75) is 30.9 Å². The number of piperidine rings is 1. The van der Waals surface area contributed by atoms with E-state index in [0.717, 1.165) is 17.7 Å². The predicted octanol–water partition coefficient (Wildman–Crippen LogP) is 1.26. The molecule has 2 N–H and O–H groups in total. The molecule has 5 nitrogen and oxygen atoms in total. The fraction of sp³-hybridized carbons (Fsp3) is 0.571. The highest BCUT2D eigenvalue weighted by atomic mass is 32.2. The van der Waals surface area contributed by atoms with E-state index in [-0.39, 0.29) is 11.6 Å². The van der Waals surface area contributed by atoms with Crippen LogP contribution in [0.3, 0.4) is 0 Å². The Morgan fingerprint density at radius 1 is 1.30 bits per heavy atom. The fourth-order valence-corrected chi connectivity index (χ4v) is 4.04. The Bertz CT molecular complexity index is 607. The molecule has 1 atom stereocenters. The Labute approximate surface area is 119 Å². The molecular formula is C14H20N2O3S. The summed E-state index contributed by atoms with van der Waals surface area (Å²) in [6.45, 7) is 1.02. The number of ether oxygens (including phenoxy) is 1. The van der Waals surface area contributed by atoms with E-state index in [1.54, 1.807) is 0 Å². The molecule has 1 spiro atoms. The van der Waals surface area contributed by atoms with E-state index in [0.29, 0.717) is 25.9 Å². The van der Waals surface area contributed by atoms with Crippen LogP contribution in [0.15, 0.2) is 24.3 Å². The number of para-hydroxylation sites is 1. The summed E-state index contributed by atoms with van der Waals surface area (Å²) < 4.78 is 30.9. The van der Waals surface area contributed by atoms with Gasteiger partial charge in [0.05, 0.1) is 6.26 Å². The molecule has 2 aliphatic heterocycles. The minimum absolute atomic E-state index is 0.0373. The maximum atomic E-state index is 11.6. The highest BCUT2D eigenvalue weighted by Gasteiger charge is 2.43. The minimum atomic E-state index is -3.11. The Hall–Kier alpha value is -1.11. The van der Waals surface area contributed by atoms with Gasteiger partial charge in [-0.3, -0.25) is 0 Å². The molecule has 1 saturated heterocycles. The highest BCUT2D eigenvalue weighted by molar-refractivity contribution is 7.88. The minimum Gasteiger partial charge on any atom is -0.487 e. The summed E-state index contributed by atoms with van der Waals surface area (Å²) >= 11 is 0. The first-order valence-corrected chi connectivity index (χ1v) is 8.73. The average Bonchev–Trinajstić information content (AvgIpc) is 2.38. The molecule has 6 heteroatoms. The number of hydrogen-bond donors (Lipinski definition) is 1. The third-order valence-electron chi connectivity index (χ3n) is 4.34. The van der Waals surface area contributed by atoms with Gasteiger partial charge in [0.15, 0.2) is 0 Å².